The van der Waals surface area contributed by atoms with Gasteiger partial charge in [0.2, 0.25) is 12.4 Å². The van der Waals surface area contributed by atoms with Crippen molar-refractivity contribution in [3.05, 3.63) is 81.7 Å². The van der Waals surface area contributed by atoms with Gasteiger partial charge in [0.15, 0.2) is 5.54 Å². The second kappa shape index (κ2) is 7.88. The topological polar surface area (TPSA) is 81.8 Å². The van der Waals surface area contributed by atoms with Crippen LogP contribution in [0.15, 0.2) is 59.6 Å². The highest BCUT2D eigenvalue weighted by Crippen LogP contribution is 2.42. The summed E-state index contributed by atoms with van der Waals surface area (Å²) < 4.78 is 19.6. The second-order valence-corrected chi connectivity index (χ2v) is 7.29. The van der Waals surface area contributed by atoms with Crippen molar-refractivity contribution in [3.8, 4) is 0 Å². The van der Waals surface area contributed by atoms with E-state index >= 15 is 0 Å². The van der Waals surface area contributed by atoms with E-state index in [9.17, 15) is 19.3 Å². The molecular formula is C21H21FN2O4. The normalized spacial score (nSPS) is 20.0. The first-order chi connectivity index (χ1) is 13.3. The monoisotopic (exact) mass is 384 g/mol. The summed E-state index contributed by atoms with van der Waals surface area (Å²) in [6.45, 7) is 3.32. The molecule has 7 heteroatoms. The first kappa shape index (κ1) is 19.7. The number of carbonyl (C=O) groups excluding carboxylic acids is 1. The van der Waals surface area contributed by atoms with Gasteiger partial charge in [-0.3, -0.25) is 10.1 Å². The lowest BCUT2D eigenvalue weighted by Gasteiger charge is -2.30. The average Bonchev–Trinajstić information content (AvgIpc) is 2.97. The van der Waals surface area contributed by atoms with E-state index in [0.717, 1.165) is 0 Å². The van der Waals surface area contributed by atoms with Crippen molar-refractivity contribution in [1.82, 2.24) is 0 Å². The molecule has 0 aromatic heterocycles. The van der Waals surface area contributed by atoms with Crippen LogP contribution in [0.2, 0.25) is 0 Å². The number of benzene rings is 2. The van der Waals surface area contributed by atoms with Gasteiger partial charge >= 0.3 is 5.97 Å². The highest BCUT2D eigenvalue weighted by atomic mass is 19.1. The lowest BCUT2D eigenvalue weighted by atomic mass is 9.75. The zero-order valence-electron chi connectivity index (χ0n) is 15.7. The van der Waals surface area contributed by atoms with Crippen molar-refractivity contribution < 1.29 is 18.8 Å². The fourth-order valence-electron chi connectivity index (χ4n) is 3.66. The first-order valence-electron chi connectivity index (χ1n) is 9.07. The largest absolute Gasteiger partial charge is 0.405 e. The molecule has 1 aliphatic rings. The average molecular weight is 384 g/mol. The van der Waals surface area contributed by atoms with Crippen LogP contribution in [0.25, 0.3) is 0 Å². The molecular weight excluding hydrogens is 363 g/mol. The summed E-state index contributed by atoms with van der Waals surface area (Å²) in [6, 6.07) is 14.6. The molecule has 6 nitrogen and oxygen atoms in total. The summed E-state index contributed by atoms with van der Waals surface area (Å²) in [6.07, 6.45) is 0.247. The van der Waals surface area contributed by atoms with Gasteiger partial charge in [0.25, 0.3) is 0 Å². The van der Waals surface area contributed by atoms with Crippen LogP contribution in [0.5, 0.6) is 0 Å². The second-order valence-electron chi connectivity index (χ2n) is 7.29. The van der Waals surface area contributed by atoms with Gasteiger partial charge in [0.05, 0.1) is 11.5 Å². The van der Waals surface area contributed by atoms with E-state index in [1.807, 2.05) is 13.8 Å². The Morgan fingerprint density at radius 3 is 2.39 bits per heavy atom. The van der Waals surface area contributed by atoms with Crippen LogP contribution in [-0.2, 0) is 9.53 Å². The summed E-state index contributed by atoms with van der Waals surface area (Å²) in [7, 11) is 0. The van der Waals surface area contributed by atoms with E-state index in [1.54, 1.807) is 36.4 Å². The summed E-state index contributed by atoms with van der Waals surface area (Å²) in [5, 5.41) is 11.4. The van der Waals surface area contributed by atoms with Crippen molar-refractivity contribution in [2.24, 2.45) is 10.9 Å². The Balaban J connectivity index is 2.17. The maximum Gasteiger partial charge on any atom is 0.341 e. The molecule has 0 spiro atoms. The van der Waals surface area contributed by atoms with Gasteiger partial charge in [0, 0.05) is 4.92 Å². The van der Waals surface area contributed by atoms with E-state index in [4.69, 9.17) is 4.74 Å². The van der Waals surface area contributed by atoms with Crippen molar-refractivity contribution in [2.75, 3.05) is 6.54 Å². The predicted octanol–water partition coefficient (Wildman–Crippen LogP) is 3.97. The molecule has 1 heterocycles. The van der Waals surface area contributed by atoms with Gasteiger partial charge in [-0.05, 0) is 30.0 Å². The number of hydrogen-bond donors (Lipinski definition) is 0. The molecule has 146 valence electrons. The van der Waals surface area contributed by atoms with Crippen LogP contribution >= 0.6 is 0 Å². The lowest BCUT2D eigenvalue weighted by molar-refractivity contribution is -0.484. The minimum atomic E-state index is -1.49. The van der Waals surface area contributed by atoms with E-state index in [2.05, 4.69) is 4.99 Å². The third-order valence-corrected chi connectivity index (χ3v) is 4.78. The first-order valence-corrected chi connectivity index (χ1v) is 9.07. The minimum Gasteiger partial charge on any atom is -0.405 e. The van der Waals surface area contributed by atoms with Crippen LogP contribution in [0.3, 0.4) is 0 Å². The highest BCUT2D eigenvalue weighted by molar-refractivity contribution is 6.08. The molecule has 3 rings (SSSR count). The predicted molar refractivity (Wildman–Crippen MR) is 102 cm³/mol. The van der Waals surface area contributed by atoms with Gasteiger partial charge in [-0.25, -0.2) is 14.2 Å². The molecule has 0 saturated heterocycles. The zero-order valence-corrected chi connectivity index (χ0v) is 15.7. The Hall–Kier alpha value is -3.09. The lowest BCUT2D eigenvalue weighted by Crippen LogP contribution is -2.44. The molecule has 0 N–H and O–H groups in total. The van der Waals surface area contributed by atoms with E-state index in [0.29, 0.717) is 5.56 Å². The summed E-state index contributed by atoms with van der Waals surface area (Å²) in [4.78, 5) is 28.5. The number of aliphatic imine (C=N–C) groups is 1. The van der Waals surface area contributed by atoms with Crippen LogP contribution in [0, 0.1) is 21.8 Å². The number of esters is 1. The maximum absolute atomic E-state index is 14.2. The maximum atomic E-state index is 14.2. The number of halogens is 1. The number of ether oxygens (including phenoxy) is 1. The fourth-order valence-corrected chi connectivity index (χ4v) is 3.66. The molecule has 2 unspecified atom stereocenters. The molecule has 2 aromatic carbocycles. The molecule has 28 heavy (non-hydrogen) atoms. The fraction of sp³-hybridized carbons (Fsp3) is 0.333. The van der Waals surface area contributed by atoms with E-state index in [1.165, 1.54) is 18.2 Å². The Morgan fingerprint density at radius 2 is 1.79 bits per heavy atom. The molecule has 0 radical (unpaired) electrons. The van der Waals surface area contributed by atoms with Crippen LogP contribution in [-0.4, -0.2) is 28.9 Å². The van der Waals surface area contributed by atoms with Crippen molar-refractivity contribution >= 4 is 11.9 Å². The third kappa shape index (κ3) is 3.78. The van der Waals surface area contributed by atoms with Crippen molar-refractivity contribution in [3.63, 3.8) is 0 Å². The summed E-state index contributed by atoms with van der Waals surface area (Å²) in [5.41, 5.74) is -0.801. The Kier molecular flexibility index (Phi) is 5.53. The molecule has 0 fully saturated rings. The number of carbonyl (C=O) groups is 1. The number of nitro groups is 1. The smallest absolute Gasteiger partial charge is 0.341 e. The molecule has 0 amide bonds. The number of hydrogen-bond acceptors (Lipinski definition) is 5. The molecule has 0 bridgehead atoms. The minimum absolute atomic E-state index is 0.00855. The molecule has 2 aromatic rings. The standard InChI is InChI=1S/C21H21FN2O4/c1-14(2)12-21(17(13-24(26)27)15-8-4-3-5-9-15)20(25)28-19(23-21)16-10-6-7-11-18(16)22/h3-11,14,17H,12-13H2,1-2H3. The number of cyclic esters (lactones) is 1. The number of nitrogens with zero attached hydrogens (tertiary/aromatic N) is 2. The Labute approximate surface area is 162 Å². The quantitative estimate of drug-likeness (QED) is 0.411. The Bertz CT molecular complexity index is 914. The van der Waals surface area contributed by atoms with E-state index < -0.39 is 34.7 Å². The summed E-state index contributed by atoms with van der Waals surface area (Å²) >= 11 is 0. The van der Waals surface area contributed by atoms with Gasteiger partial charge in [-0.15, -0.1) is 0 Å². The van der Waals surface area contributed by atoms with Gasteiger partial charge in [-0.2, -0.15) is 0 Å². The highest BCUT2D eigenvalue weighted by Gasteiger charge is 2.55. The van der Waals surface area contributed by atoms with E-state index in [-0.39, 0.29) is 23.8 Å². The van der Waals surface area contributed by atoms with Crippen molar-refractivity contribution in [1.29, 1.82) is 0 Å². The van der Waals surface area contributed by atoms with Crippen LogP contribution < -0.4 is 0 Å². The number of rotatable bonds is 7. The zero-order chi connectivity index (χ0) is 20.3. The molecule has 0 aliphatic carbocycles. The van der Waals surface area contributed by atoms with Crippen molar-refractivity contribution in [2.45, 2.75) is 31.7 Å². The third-order valence-electron chi connectivity index (χ3n) is 4.78. The molecule has 0 saturated carbocycles. The molecule has 1 aliphatic heterocycles. The van der Waals surface area contributed by atoms with Gasteiger partial charge < -0.3 is 4.74 Å². The van der Waals surface area contributed by atoms with Crippen LogP contribution in [0.1, 0.15) is 37.3 Å². The van der Waals surface area contributed by atoms with Gasteiger partial charge in [-0.1, -0.05) is 56.3 Å². The summed E-state index contributed by atoms with van der Waals surface area (Å²) in [5.74, 6) is -2.21. The SMILES string of the molecule is CC(C)CC1(C(C[N+](=O)[O-])c2ccccc2)N=C(c2ccccc2F)OC1=O. The molecule has 2 atom stereocenters. The Morgan fingerprint density at radius 1 is 1.14 bits per heavy atom. The van der Waals surface area contributed by atoms with Gasteiger partial charge in [0.1, 0.15) is 5.82 Å². The van der Waals surface area contributed by atoms with Crippen LogP contribution in [0.4, 0.5) is 4.39 Å².